The Hall–Kier alpha value is -2.41. The summed E-state index contributed by atoms with van der Waals surface area (Å²) in [7, 11) is 0. The van der Waals surface area contributed by atoms with E-state index in [-0.39, 0.29) is 30.4 Å². The molecule has 1 aliphatic rings. The summed E-state index contributed by atoms with van der Waals surface area (Å²) in [4.78, 5) is 12.1. The molecule has 0 aliphatic carbocycles. The highest BCUT2D eigenvalue weighted by Gasteiger charge is 2.29. The Morgan fingerprint density at radius 1 is 1.48 bits per heavy atom. The third-order valence-electron chi connectivity index (χ3n) is 3.59. The van der Waals surface area contributed by atoms with Gasteiger partial charge in [-0.15, -0.1) is 0 Å². The minimum atomic E-state index is -0.353. The van der Waals surface area contributed by atoms with E-state index in [0.717, 1.165) is 0 Å². The lowest BCUT2D eigenvalue weighted by molar-refractivity contribution is -0.125. The third-order valence-corrected chi connectivity index (χ3v) is 3.59. The fraction of sp³-hybridized carbons (Fsp3) is 0.375. The largest absolute Gasteiger partial charge is 0.488 e. The Balaban J connectivity index is 1.60. The number of halogens is 1. The second-order valence-electron chi connectivity index (χ2n) is 5.35. The van der Waals surface area contributed by atoms with Crippen LogP contribution in [-0.4, -0.2) is 41.0 Å². The second-order valence-corrected chi connectivity index (χ2v) is 5.35. The van der Waals surface area contributed by atoms with E-state index >= 15 is 0 Å². The maximum atomic E-state index is 13.3. The first-order valence-corrected chi connectivity index (χ1v) is 7.47. The van der Waals surface area contributed by atoms with Gasteiger partial charge in [0.2, 0.25) is 5.91 Å². The Bertz CT molecular complexity index is 648. The average molecular weight is 319 g/mol. The molecular formula is C16H18FN3O3. The number of nitrogens with one attached hydrogen (secondary N) is 1. The molecule has 23 heavy (non-hydrogen) atoms. The molecule has 0 saturated carbocycles. The van der Waals surface area contributed by atoms with Crippen molar-refractivity contribution in [2.24, 2.45) is 0 Å². The molecule has 1 amide bonds. The summed E-state index contributed by atoms with van der Waals surface area (Å²) >= 11 is 0. The van der Waals surface area contributed by atoms with E-state index in [9.17, 15) is 9.18 Å². The number of hydrogen-bond acceptors (Lipinski definition) is 4. The Morgan fingerprint density at radius 3 is 3.17 bits per heavy atom. The zero-order chi connectivity index (χ0) is 16.1. The number of benzene rings is 1. The number of carbonyl (C=O) groups is 1. The van der Waals surface area contributed by atoms with Crippen molar-refractivity contribution in [3.63, 3.8) is 0 Å². The smallest absolute Gasteiger partial charge is 0.242 e. The summed E-state index contributed by atoms with van der Waals surface area (Å²) in [6.45, 7) is 1.05. The third kappa shape index (κ3) is 4.29. The second kappa shape index (κ2) is 7.23. The van der Waals surface area contributed by atoms with Crippen LogP contribution >= 0.6 is 0 Å². The van der Waals surface area contributed by atoms with Crippen molar-refractivity contribution in [3.8, 4) is 5.75 Å². The Kier molecular flexibility index (Phi) is 4.87. The zero-order valence-electron chi connectivity index (χ0n) is 12.5. The van der Waals surface area contributed by atoms with Crippen LogP contribution in [0.15, 0.2) is 42.7 Å². The van der Waals surface area contributed by atoms with Gasteiger partial charge in [-0.1, -0.05) is 6.07 Å². The summed E-state index contributed by atoms with van der Waals surface area (Å²) in [5.41, 5.74) is 0. The highest BCUT2D eigenvalue weighted by atomic mass is 19.1. The van der Waals surface area contributed by atoms with Crippen molar-refractivity contribution >= 4 is 5.91 Å². The van der Waals surface area contributed by atoms with E-state index in [4.69, 9.17) is 9.47 Å². The van der Waals surface area contributed by atoms with Gasteiger partial charge in [0.1, 0.15) is 24.2 Å². The molecule has 1 saturated heterocycles. The quantitative estimate of drug-likeness (QED) is 0.904. The summed E-state index contributed by atoms with van der Waals surface area (Å²) in [5.74, 6) is -0.0749. The van der Waals surface area contributed by atoms with Crippen LogP contribution in [0.5, 0.6) is 5.75 Å². The first kappa shape index (κ1) is 15.5. The molecule has 1 aromatic carbocycles. The molecule has 1 N–H and O–H groups in total. The predicted octanol–water partition coefficient (Wildman–Crippen LogP) is 1.37. The lowest BCUT2D eigenvalue weighted by atomic mass is 10.1. The van der Waals surface area contributed by atoms with Gasteiger partial charge in [-0.2, -0.15) is 5.10 Å². The van der Waals surface area contributed by atoms with Crippen LogP contribution in [0.3, 0.4) is 0 Å². The van der Waals surface area contributed by atoms with Crippen LogP contribution in [-0.2, 0) is 16.1 Å². The maximum Gasteiger partial charge on any atom is 0.242 e. The molecule has 3 rings (SSSR count). The van der Waals surface area contributed by atoms with Crippen LogP contribution in [0.25, 0.3) is 0 Å². The number of nitrogens with zero attached hydrogens (tertiary/aromatic N) is 2. The lowest BCUT2D eigenvalue weighted by Crippen LogP contribution is -2.52. The molecule has 1 aliphatic heterocycles. The van der Waals surface area contributed by atoms with Crippen LogP contribution < -0.4 is 10.1 Å². The van der Waals surface area contributed by atoms with E-state index < -0.39 is 0 Å². The summed E-state index contributed by atoms with van der Waals surface area (Å²) in [6.07, 6.45) is 3.71. The van der Waals surface area contributed by atoms with E-state index in [1.54, 1.807) is 35.3 Å². The molecule has 6 nitrogen and oxygen atoms in total. The van der Waals surface area contributed by atoms with Gasteiger partial charge in [0.05, 0.1) is 19.3 Å². The Morgan fingerprint density at radius 2 is 2.39 bits per heavy atom. The number of carbonyl (C=O) groups excluding carboxylic acids is 1. The maximum absolute atomic E-state index is 13.3. The molecule has 1 aromatic heterocycles. The van der Waals surface area contributed by atoms with Gasteiger partial charge >= 0.3 is 0 Å². The molecule has 2 heterocycles. The van der Waals surface area contributed by atoms with Crippen molar-refractivity contribution in [3.05, 3.63) is 48.5 Å². The van der Waals surface area contributed by atoms with Gasteiger partial charge in [0, 0.05) is 24.9 Å². The van der Waals surface area contributed by atoms with Gasteiger partial charge < -0.3 is 14.8 Å². The summed E-state index contributed by atoms with van der Waals surface area (Å²) in [5, 5.41) is 6.90. The topological polar surface area (TPSA) is 65.4 Å². The van der Waals surface area contributed by atoms with Crippen LogP contribution in [0.1, 0.15) is 6.42 Å². The SMILES string of the molecule is O=C(Cn1cccn1)NC1COCCC1Oc1cccc(F)c1. The van der Waals surface area contributed by atoms with Crippen molar-refractivity contribution in [2.75, 3.05) is 13.2 Å². The number of amides is 1. The van der Waals surface area contributed by atoms with Crippen molar-refractivity contribution in [1.29, 1.82) is 0 Å². The fourth-order valence-corrected chi connectivity index (χ4v) is 2.50. The van der Waals surface area contributed by atoms with Gasteiger partial charge in [-0.05, 0) is 18.2 Å². The molecule has 2 atom stereocenters. The van der Waals surface area contributed by atoms with E-state index in [2.05, 4.69) is 10.4 Å². The van der Waals surface area contributed by atoms with Gasteiger partial charge in [0.25, 0.3) is 0 Å². The van der Waals surface area contributed by atoms with Crippen LogP contribution in [0, 0.1) is 5.82 Å². The van der Waals surface area contributed by atoms with E-state index in [1.807, 2.05) is 0 Å². The number of ether oxygens (including phenoxy) is 2. The first-order valence-electron chi connectivity index (χ1n) is 7.47. The molecule has 2 unspecified atom stereocenters. The normalized spacial score (nSPS) is 20.9. The minimum absolute atomic E-state index is 0.135. The Labute approximate surface area is 133 Å². The molecule has 0 spiro atoms. The fourth-order valence-electron chi connectivity index (χ4n) is 2.50. The highest BCUT2D eigenvalue weighted by Crippen LogP contribution is 2.19. The molecular weight excluding hydrogens is 301 g/mol. The molecule has 1 fully saturated rings. The summed E-state index contributed by atoms with van der Waals surface area (Å²) in [6, 6.07) is 7.46. The number of aromatic nitrogens is 2. The number of rotatable bonds is 5. The van der Waals surface area contributed by atoms with E-state index in [0.29, 0.717) is 25.4 Å². The monoisotopic (exact) mass is 319 g/mol. The van der Waals surface area contributed by atoms with Crippen molar-refractivity contribution in [1.82, 2.24) is 15.1 Å². The molecule has 0 bridgehead atoms. The lowest BCUT2D eigenvalue weighted by Gasteiger charge is -2.32. The number of hydrogen-bond donors (Lipinski definition) is 1. The zero-order valence-corrected chi connectivity index (χ0v) is 12.5. The van der Waals surface area contributed by atoms with Crippen molar-refractivity contribution in [2.45, 2.75) is 25.1 Å². The first-order chi connectivity index (χ1) is 11.2. The predicted molar refractivity (Wildman–Crippen MR) is 80.4 cm³/mol. The van der Waals surface area contributed by atoms with Crippen molar-refractivity contribution < 1.29 is 18.7 Å². The standard InChI is InChI=1S/C16H18FN3O3/c17-12-3-1-4-13(9-12)23-15-5-8-22-11-14(15)19-16(21)10-20-7-2-6-18-20/h1-4,6-7,9,14-15H,5,8,10-11H2,(H,19,21). The van der Waals surface area contributed by atoms with Gasteiger partial charge in [-0.3, -0.25) is 9.48 Å². The van der Waals surface area contributed by atoms with Gasteiger partial charge in [-0.25, -0.2) is 4.39 Å². The highest BCUT2D eigenvalue weighted by molar-refractivity contribution is 5.76. The minimum Gasteiger partial charge on any atom is -0.488 e. The summed E-state index contributed by atoms with van der Waals surface area (Å²) < 4.78 is 26.0. The molecule has 2 aromatic rings. The average Bonchev–Trinajstić information content (AvgIpc) is 3.02. The van der Waals surface area contributed by atoms with E-state index in [1.165, 1.54) is 12.1 Å². The van der Waals surface area contributed by atoms with Crippen LogP contribution in [0.4, 0.5) is 4.39 Å². The van der Waals surface area contributed by atoms with Crippen LogP contribution in [0.2, 0.25) is 0 Å². The molecule has 122 valence electrons. The molecule has 7 heteroatoms. The molecule has 0 radical (unpaired) electrons. The van der Waals surface area contributed by atoms with Gasteiger partial charge in [0.15, 0.2) is 0 Å².